The maximum absolute atomic E-state index is 12.8. The molecule has 0 saturated heterocycles. The van der Waals surface area contributed by atoms with Crippen LogP contribution in [0.4, 0.5) is 0 Å². The first-order valence-corrected chi connectivity index (χ1v) is 26.5. The van der Waals surface area contributed by atoms with E-state index in [1.54, 1.807) is 0 Å². The van der Waals surface area contributed by atoms with Crippen LogP contribution < -0.4 is 0 Å². The van der Waals surface area contributed by atoms with E-state index in [1.807, 2.05) is 0 Å². The van der Waals surface area contributed by atoms with Crippen molar-refractivity contribution in [2.75, 3.05) is 13.2 Å². The van der Waals surface area contributed by atoms with Gasteiger partial charge in [0.25, 0.3) is 0 Å². The fourth-order valence-electron chi connectivity index (χ4n) is 8.09. The van der Waals surface area contributed by atoms with Crippen LogP contribution in [0.1, 0.15) is 303 Å². The number of unbranched alkanes of at least 4 members (excludes halogenated alkanes) is 38. The number of ether oxygens (including phenoxy) is 3. The van der Waals surface area contributed by atoms with E-state index in [4.69, 9.17) is 14.2 Å². The van der Waals surface area contributed by atoms with E-state index >= 15 is 0 Å². The van der Waals surface area contributed by atoms with Crippen molar-refractivity contribution in [3.8, 4) is 0 Å². The third-order valence-electron chi connectivity index (χ3n) is 12.1. The van der Waals surface area contributed by atoms with Gasteiger partial charge >= 0.3 is 17.9 Å². The first-order valence-electron chi connectivity index (χ1n) is 26.5. The average Bonchev–Trinajstić information content (AvgIpc) is 3.23. The number of carbonyl (C=O) groups excluding carboxylic acids is 3. The lowest BCUT2D eigenvalue weighted by Gasteiger charge is -2.18. The summed E-state index contributed by atoms with van der Waals surface area (Å²) in [5, 5.41) is 0. The highest BCUT2D eigenvalue weighted by atomic mass is 16.6. The molecule has 350 valence electrons. The molecule has 0 bridgehead atoms. The molecule has 1 unspecified atom stereocenters. The van der Waals surface area contributed by atoms with Gasteiger partial charge in [0.05, 0.1) is 0 Å². The van der Waals surface area contributed by atoms with Crippen molar-refractivity contribution in [1.29, 1.82) is 0 Å². The minimum absolute atomic E-state index is 0.0618. The van der Waals surface area contributed by atoms with Gasteiger partial charge in [0.15, 0.2) is 6.10 Å². The molecule has 0 rings (SSSR count). The molecule has 0 aromatic rings. The van der Waals surface area contributed by atoms with Crippen LogP contribution in [0.5, 0.6) is 0 Å². The molecular formula is C53H102O6. The molecule has 0 spiro atoms. The zero-order valence-corrected chi connectivity index (χ0v) is 40.1. The molecule has 6 nitrogen and oxygen atoms in total. The Hall–Kier alpha value is -1.59. The van der Waals surface area contributed by atoms with E-state index < -0.39 is 6.10 Å². The van der Waals surface area contributed by atoms with Crippen LogP contribution in [-0.2, 0) is 28.6 Å². The molecule has 0 aliphatic rings. The topological polar surface area (TPSA) is 78.9 Å². The maximum atomic E-state index is 12.8. The second-order valence-electron chi connectivity index (χ2n) is 18.2. The Bertz CT molecular complexity index is 874. The van der Waals surface area contributed by atoms with Crippen LogP contribution >= 0.6 is 0 Å². The highest BCUT2D eigenvalue weighted by molar-refractivity contribution is 5.71. The number of rotatable bonds is 49. The Balaban J connectivity index is 4.24. The van der Waals surface area contributed by atoms with Gasteiger partial charge in [0.1, 0.15) is 13.2 Å². The van der Waals surface area contributed by atoms with Crippen molar-refractivity contribution < 1.29 is 28.6 Å². The van der Waals surface area contributed by atoms with Gasteiger partial charge in [-0.05, 0) is 19.3 Å². The molecule has 0 radical (unpaired) electrons. The van der Waals surface area contributed by atoms with E-state index in [9.17, 15) is 14.4 Å². The molecule has 0 amide bonds. The van der Waals surface area contributed by atoms with E-state index in [2.05, 4.69) is 20.8 Å². The molecule has 0 heterocycles. The van der Waals surface area contributed by atoms with Gasteiger partial charge < -0.3 is 14.2 Å². The van der Waals surface area contributed by atoms with Crippen LogP contribution in [0, 0.1) is 0 Å². The number of esters is 3. The summed E-state index contributed by atoms with van der Waals surface area (Å²) in [5.74, 6) is -0.842. The van der Waals surface area contributed by atoms with Gasteiger partial charge in [-0.3, -0.25) is 14.4 Å². The second kappa shape index (κ2) is 49.1. The molecule has 0 aromatic heterocycles. The fraction of sp³-hybridized carbons (Fsp3) is 0.943. The quantitative estimate of drug-likeness (QED) is 0.0345. The molecule has 59 heavy (non-hydrogen) atoms. The summed E-state index contributed by atoms with van der Waals surface area (Å²) in [7, 11) is 0. The summed E-state index contributed by atoms with van der Waals surface area (Å²) >= 11 is 0. The Morgan fingerprint density at radius 2 is 0.458 bits per heavy atom. The largest absolute Gasteiger partial charge is 0.462 e. The average molecular weight is 835 g/mol. The van der Waals surface area contributed by atoms with Gasteiger partial charge in [-0.15, -0.1) is 0 Å². The fourth-order valence-corrected chi connectivity index (χ4v) is 8.09. The molecule has 1 atom stereocenters. The van der Waals surface area contributed by atoms with Crippen LogP contribution in [0.2, 0.25) is 0 Å². The number of hydrogen-bond acceptors (Lipinski definition) is 6. The molecule has 0 aliphatic carbocycles. The summed E-state index contributed by atoms with van der Waals surface area (Å²) in [6, 6.07) is 0. The van der Waals surface area contributed by atoms with Crippen LogP contribution in [-0.4, -0.2) is 37.2 Å². The lowest BCUT2D eigenvalue weighted by atomic mass is 10.0. The van der Waals surface area contributed by atoms with Gasteiger partial charge in [-0.25, -0.2) is 0 Å². The summed E-state index contributed by atoms with van der Waals surface area (Å²) < 4.78 is 16.8. The SMILES string of the molecule is CCCCCCCCCCCCCCCCCCCC(=O)OCC(COC(=O)CCCCCCCCCCC)OC(=O)CCCCCCCCCCCCCCCCC. The van der Waals surface area contributed by atoms with Crippen LogP contribution in [0.25, 0.3) is 0 Å². The van der Waals surface area contributed by atoms with Crippen molar-refractivity contribution in [2.45, 2.75) is 309 Å². The zero-order chi connectivity index (χ0) is 43.0. The number of carbonyl (C=O) groups is 3. The maximum Gasteiger partial charge on any atom is 0.306 e. The van der Waals surface area contributed by atoms with Crippen LogP contribution in [0.15, 0.2) is 0 Å². The van der Waals surface area contributed by atoms with Crippen molar-refractivity contribution in [2.24, 2.45) is 0 Å². The highest BCUT2D eigenvalue weighted by Gasteiger charge is 2.19. The Morgan fingerprint density at radius 3 is 0.678 bits per heavy atom. The van der Waals surface area contributed by atoms with Crippen molar-refractivity contribution >= 4 is 17.9 Å². The third-order valence-corrected chi connectivity index (χ3v) is 12.1. The van der Waals surface area contributed by atoms with Crippen molar-refractivity contribution in [3.05, 3.63) is 0 Å². The molecule has 6 heteroatoms. The molecule has 0 aliphatic heterocycles. The normalized spacial score (nSPS) is 11.8. The minimum atomic E-state index is -0.759. The first-order chi connectivity index (χ1) is 29.0. The molecular weight excluding hydrogens is 733 g/mol. The van der Waals surface area contributed by atoms with Crippen LogP contribution in [0.3, 0.4) is 0 Å². The second-order valence-corrected chi connectivity index (χ2v) is 18.2. The zero-order valence-electron chi connectivity index (χ0n) is 40.1. The van der Waals surface area contributed by atoms with Gasteiger partial charge in [0, 0.05) is 19.3 Å². The van der Waals surface area contributed by atoms with Gasteiger partial charge in [-0.2, -0.15) is 0 Å². The lowest BCUT2D eigenvalue weighted by molar-refractivity contribution is -0.167. The Labute approximate surface area is 368 Å². The minimum Gasteiger partial charge on any atom is -0.462 e. The summed E-state index contributed by atoms with van der Waals surface area (Å²) in [4.78, 5) is 37.9. The summed E-state index contributed by atoms with van der Waals surface area (Å²) in [5.41, 5.74) is 0. The van der Waals surface area contributed by atoms with E-state index in [-0.39, 0.29) is 31.1 Å². The molecule has 0 N–H and O–H groups in total. The van der Waals surface area contributed by atoms with E-state index in [1.165, 1.54) is 205 Å². The molecule has 0 aromatic carbocycles. The Kier molecular flexibility index (Phi) is 47.7. The Morgan fingerprint density at radius 1 is 0.271 bits per heavy atom. The van der Waals surface area contributed by atoms with E-state index in [0.29, 0.717) is 19.3 Å². The predicted molar refractivity (Wildman–Crippen MR) is 252 cm³/mol. The van der Waals surface area contributed by atoms with Gasteiger partial charge in [-0.1, -0.05) is 265 Å². The third kappa shape index (κ3) is 47.3. The monoisotopic (exact) mass is 835 g/mol. The van der Waals surface area contributed by atoms with Gasteiger partial charge in [0.2, 0.25) is 0 Å². The van der Waals surface area contributed by atoms with Crippen molar-refractivity contribution in [1.82, 2.24) is 0 Å². The van der Waals surface area contributed by atoms with Crippen molar-refractivity contribution in [3.63, 3.8) is 0 Å². The summed E-state index contributed by atoms with van der Waals surface area (Å²) in [6.07, 6.45) is 52.3. The molecule has 0 fully saturated rings. The van der Waals surface area contributed by atoms with E-state index in [0.717, 1.165) is 57.8 Å². The highest BCUT2D eigenvalue weighted by Crippen LogP contribution is 2.17. The molecule has 0 saturated carbocycles. The number of hydrogen-bond donors (Lipinski definition) is 0. The smallest absolute Gasteiger partial charge is 0.306 e. The first kappa shape index (κ1) is 57.4. The predicted octanol–water partition coefficient (Wildman–Crippen LogP) is 17.2. The summed E-state index contributed by atoms with van der Waals surface area (Å²) in [6.45, 7) is 6.67. The standard InChI is InChI=1S/C53H102O6/c1-4-7-10-13-16-19-21-23-25-26-28-29-31-34-37-40-43-46-52(55)58-49-50(48-57-51(54)45-42-39-36-33-18-15-12-9-6-3)59-53(56)47-44-41-38-35-32-30-27-24-22-20-17-14-11-8-5-2/h50H,4-49H2,1-3H3. The lowest BCUT2D eigenvalue weighted by Crippen LogP contribution is -2.30.